The van der Waals surface area contributed by atoms with Crippen molar-refractivity contribution in [3.8, 4) is 0 Å². The van der Waals surface area contributed by atoms with Gasteiger partial charge in [0, 0.05) is 15.7 Å². The number of nitrogens with one attached hydrogen (secondary N) is 1. The van der Waals surface area contributed by atoms with E-state index >= 15 is 0 Å². The minimum atomic E-state index is -0.144. The molecular formula is C15H15BrN2O. The van der Waals surface area contributed by atoms with E-state index in [-0.39, 0.29) is 5.91 Å². The lowest BCUT2D eigenvalue weighted by Gasteiger charge is -2.10. The van der Waals surface area contributed by atoms with Gasteiger partial charge in [-0.1, -0.05) is 12.1 Å². The molecule has 0 bridgehead atoms. The third kappa shape index (κ3) is 2.96. The first kappa shape index (κ1) is 13.6. The molecule has 98 valence electrons. The lowest BCUT2D eigenvalue weighted by atomic mass is 10.1. The molecule has 0 aliphatic rings. The molecule has 0 atom stereocenters. The average molecular weight is 319 g/mol. The highest BCUT2D eigenvalue weighted by atomic mass is 79.9. The summed E-state index contributed by atoms with van der Waals surface area (Å²) < 4.78 is 0.899. The molecule has 3 nitrogen and oxygen atoms in total. The van der Waals surface area contributed by atoms with Gasteiger partial charge < -0.3 is 11.1 Å². The molecule has 0 unspecified atom stereocenters. The van der Waals surface area contributed by atoms with Crippen LogP contribution in [0, 0.1) is 13.8 Å². The van der Waals surface area contributed by atoms with Gasteiger partial charge in [-0.15, -0.1) is 0 Å². The molecule has 0 fully saturated rings. The number of carbonyl (C=O) groups is 1. The van der Waals surface area contributed by atoms with Gasteiger partial charge in [-0.05, 0) is 65.2 Å². The molecule has 0 heterocycles. The molecular weight excluding hydrogens is 304 g/mol. The Kier molecular flexibility index (Phi) is 3.90. The molecule has 0 spiro atoms. The van der Waals surface area contributed by atoms with Gasteiger partial charge in [0.15, 0.2) is 0 Å². The van der Waals surface area contributed by atoms with Crippen molar-refractivity contribution in [1.82, 2.24) is 0 Å². The van der Waals surface area contributed by atoms with E-state index in [1.807, 2.05) is 32.0 Å². The quantitative estimate of drug-likeness (QED) is 0.825. The van der Waals surface area contributed by atoms with E-state index in [1.165, 1.54) is 0 Å². The van der Waals surface area contributed by atoms with Crippen LogP contribution in [0.5, 0.6) is 0 Å². The van der Waals surface area contributed by atoms with Gasteiger partial charge in [-0.2, -0.15) is 0 Å². The third-order valence-electron chi connectivity index (χ3n) is 2.97. The predicted molar refractivity (Wildman–Crippen MR) is 82.4 cm³/mol. The van der Waals surface area contributed by atoms with Gasteiger partial charge in [0.2, 0.25) is 0 Å². The van der Waals surface area contributed by atoms with Crippen molar-refractivity contribution in [2.45, 2.75) is 13.8 Å². The highest BCUT2D eigenvalue weighted by Gasteiger charge is 2.10. The summed E-state index contributed by atoms with van der Waals surface area (Å²) in [5.41, 5.74) is 9.77. The Morgan fingerprint density at radius 3 is 2.58 bits per heavy atom. The van der Waals surface area contributed by atoms with Gasteiger partial charge in [0.1, 0.15) is 0 Å². The Hall–Kier alpha value is -1.81. The van der Waals surface area contributed by atoms with Crippen LogP contribution in [0.2, 0.25) is 0 Å². The van der Waals surface area contributed by atoms with Crippen molar-refractivity contribution < 1.29 is 4.79 Å². The van der Waals surface area contributed by atoms with Crippen molar-refractivity contribution in [3.05, 3.63) is 57.6 Å². The van der Waals surface area contributed by atoms with E-state index in [1.54, 1.807) is 18.2 Å². The zero-order chi connectivity index (χ0) is 14.0. The van der Waals surface area contributed by atoms with Gasteiger partial charge in [0.25, 0.3) is 5.91 Å². The van der Waals surface area contributed by atoms with Crippen LogP contribution >= 0.6 is 15.9 Å². The summed E-state index contributed by atoms with van der Waals surface area (Å²) >= 11 is 3.47. The van der Waals surface area contributed by atoms with E-state index in [0.717, 1.165) is 21.3 Å². The Bertz CT molecular complexity index is 638. The van der Waals surface area contributed by atoms with E-state index in [9.17, 15) is 4.79 Å². The van der Waals surface area contributed by atoms with Crippen LogP contribution in [0.15, 0.2) is 40.9 Å². The largest absolute Gasteiger partial charge is 0.399 e. The molecule has 4 heteroatoms. The normalized spacial score (nSPS) is 10.3. The van der Waals surface area contributed by atoms with Crippen molar-refractivity contribution in [2.75, 3.05) is 11.1 Å². The Labute approximate surface area is 121 Å². The van der Waals surface area contributed by atoms with Gasteiger partial charge in [0.05, 0.1) is 5.69 Å². The summed E-state index contributed by atoms with van der Waals surface area (Å²) in [7, 11) is 0. The van der Waals surface area contributed by atoms with E-state index in [0.29, 0.717) is 11.3 Å². The molecule has 2 aromatic rings. The number of hydrogen-bond donors (Lipinski definition) is 2. The second kappa shape index (κ2) is 5.45. The molecule has 0 radical (unpaired) electrons. The molecule has 0 aromatic heterocycles. The number of hydrogen-bond acceptors (Lipinski definition) is 2. The van der Waals surface area contributed by atoms with Crippen molar-refractivity contribution in [2.24, 2.45) is 0 Å². The highest BCUT2D eigenvalue weighted by molar-refractivity contribution is 9.10. The van der Waals surface area contributed by atoms with Crippen LogP contribution in [0.4, 0.5) is 11.4 Å². The summed E-state index contributed by atoms with van der Waals surface area (Å²) in [5.74, 6) is -0.144. The van der Waals surface area contributed by atoms with Gasteiger partial charge in [-0.3, -0.25) is 4.79 Å². The van der Waals surface area contributed by atoms with E-state index in [2.05, 4.69) is 21.2 Å². The molecule has 0 saturated heterocycles. The third-order valence-corrected chi connectivity index (χ3v) is 4.02. The number of amides is 1. The first-order valence-corrected chi connectivity index (χ1v) is 6.71. The van der Waals surface area contributed by atoms with Gasteiger partial charge >= 0.3 is 0 Å². The minimum Gasteiger partial charge on any atom is -0.399 e. The molecule has 2 aromatic carbocycles. The van der Waals surface area contributed by atoms with Gasteiger partial charge in [-0.25, -0.2) is 0 Å². The van der Waals surface area contributed by atoms with Crippen LogP contribution in [0.1, 0.15) is 21.5 Å². The van der Waals surface area contributed by atoms with Crippen LogP contribution in [0.25, 0.3) is 0 Å². The first-order chi connectivity index (χ1) is 8.99. The maximum atomic E-state index is 12.2. The van der Waals surface area contributed by atoms with Crippen LogP contribution in [-0.2, 0) is 0 Å². The number of nitrogens with two attached hydrogens (primary N) is 1. The number of anilines is 2. The van der Waals surface area contributed by atoms with E-state index < -0.39 is 0 Å². The second-order valence-electron chi connectivity index (χ2n) is 4.46. The fourth-order valence-corrected chi connectivity index (χ4v) is 2.12. The number of nitrogen functional groups attached to an aromatic ring is 1. The molecule has 3 N–H and O–H groups in total. The molecule has 1 amide bonds. The summed E-state index contributed by atoms with van der Waals surface area (Å²) in [4.78, 5) is 12.2. The molecule has 19 heavy (non-hydrogen) atoms. The number of benzene rings is 2. The monoisotopic (exact) mass is 318 g/mol. The summed E-state index contributed by atoms with van der Waals surface area (Å²) in [6.45, 7) is 3.86. The standard InChI is InChI=1S/C15H15BrN2O/c1-9-4-3-5-13(14(9)16)18-15(19)11-6-7-12(17)10(2)8-11/h3-8H,17H2,1-2H3,(H,18,19). The van der Waals surface area contributed by atoms with E-state index in [4.69, 9.17) is 5.73 Å². The lowest BCUT2D eigenvalue weighted by molar-refractivity contribution is 0.102. The predicted octanol–water partition coefficient (Wildman–Crippen LogP) is 3.90. The number of halogens is 1. The topological polar surface area (TPSA) is 55.1 Å². The molecule has 0 aliphatic heterocycles. The lowest BCUT2D eigenvalue weighted by Crippen LogP contribution is -2.13. The summed E-state index contributed by atoms with van der Waals surface area (Å²) in [6, 6.07) is 11.0. The Morgan fingerprint density at radius 1 is 1.16 bits per heavy atom. The number of aryl methyl sites for hydroxylation is 2. The molecule has 0 aliphatic carbocycles. The van der Waals surface area contributed by atoms with Crippen molar-refractivity contribution in [1.29, 1.82) is 0 Å². The number of carbonyl (C=O) groups excluding carboxylic acids is 1. The minimum absolute atomic E-state index is 0.144. The zero-order valence-electron chi connectivity index (χ0n) is 10.8. The SMILES string of the molecule is Cc1cc(C(=O)Nc2cccc(C)c2Br)ccc1N. The highest BCUT2D eigenvalue weighted by Crippen LogP contribution is 2.26. The van der Waals surface area contributed by atoms with Crippen LogP contribution in [-0.4, -0.2) is 5.91 Å². The zero-order valence-corrected chi connectivity index (χ0v) is 12.4. The fraction of sp³-hybridized carbons (Fsp3) is 0.133. The Morgan fingerprint density at radius 2 is 1.89 bits per heavy atom. The molecule has 2 rings (SSSR count). The maximum Gasteiger partial charge on any atom is 0.255 e. The summed E-state index contributed by atoms with van der Waals surface area (Å²) in [6.07, 6.45) is 0. The van der Waals surface area contributed by atoms with Crippen molar-refractivity contribution >= 4 is 33.2 Å². The van der Waals surface area contributed by atoms with Crippen LogP contribution < -0.4 is 11.1 Å². The molecule has 0 saturated carbocycles. The average Bonchev–Trinajstić information content (AvgIpc) is 2.38. The smallest absolute Gasteiger partial charge is 0.255 e. The number of rotatable bonds is 2. The fourth-order valence-electron chi connectivity index (χ4n) is 1.76. The van der Waals surface area contributed by atoms with Crippen molar-refractivity contribution in [3.63, 3.8) is 0 Å². The first-order valence-electron chi connectivity index (χ1n) is 5.91. The maximum absolute atomic E-state index is 12.2. The Balaban J connectivity index is 2.26. The second-order valence-corrected chi connectivity index (χ2v) is 5.25. The van der Waals surface area contributed by atoms with Crippen LogP contribution in [0.3, 0.4) is 0 Å². The summed E-state index contributed by atoms with van der Waals surface area (Å²) in [5, 5.41) is 2.89.